The third kappa shape index (κ3) is 0.568. The van der Waals surface area contributed by atoms with Gasteiger partial charge in [-0.15, -0.1) is 0 Å². The largest absolute Gasteiger partial charge is 0.367 e. The topological polar surface area (TPSA) is 26.3 Å². The van der Waals surface area contributed by atoms with E-state index in [9.17, 15) is 4.79 Å². The summed E-state index contributed by atoms with van der Waals surface area (Å²) in [4.78, 5) is 10.9. The molecule has 2 fully saturated rings. The van der Waals surface area contributed by atoms with Crippen LogP contribution in [0, 0.1) is 0 Å². The van der Waals surface area contributed by atoms with E-state index in [-0.39, 0.29) is 5.60 Å². The maximum Gasteiger partial charge on any atom is 0.164 e. The fourth-order valence-electron chi connectivity index (χ4n) is 1.62. The maximum absolute atomic E-state index is 10.9. The molecule has 1 spiro atoms. The Bertz CT molecular complexity index is 145. The lowest BCUT2D eigenvalue weighted by molar-refractivity contribution is -0.152. The van der Waals surface area contributed by atoms with Crippen LogP contribution in [0.2, 0.25) is 0 Å². The van der Waals surface area contributed by atoms with Crippen molar-refractivity contribution in [2.75, 3.05) is 6.61 Å². The van der Waals surface area contributed by atoms with Gasteiger partial charge in [0.05, 0.1) is 0 Å². The molecule has 0 aromatic heterocycles. The van der Waals surface area contributed by atoms with Crippen molar-refractivity contribution in [3.63, 3.8) is 0 Å². The zero-order chi connectivity index (χ0) is 6.32. The molecule has 0 aromatic rings. The van der Waals surface area contributed by atoms with Crippen molar-refractivity contribution in [3.05, 3.63) is 0 Å². The highest BCUT2D eigenvalue weighted by molar-refractivity contribution is 5.93. The molecule has 50 valence electrons. The molecular weight excluding hydrogens is 116 g/mol. The smallest absolute Gasteiger partial charge is 0.164 e. The number of hydrogen-bond acceptors (Lipinski definition) is 2. The molecule has 2 heteroatoms. The fraction of sp³-hybridized carbons (Fsp3) is 0.857. The van der Waals surface area contributed by atoms with Crippen LogP contribution in [-0.4, -0.2) is 18.0 Å². The molecular formula is C7H10O2. The second kappa shape index (κ2) is 1.57. The lowest BCUT2D eigenvalue weighted by Gasteiger charge is -2.34. The van der Waals surface area contributed by atoms with Crippen molar-refractivity contribution in [1.82, 2.24) is 0 Å². The van der Waals surface area contributed by atoms with Crippen molar-refractivity contribution in [3.8, 4) is 0 Å². The standard InChI is InChI=1S/C7H10O2/c8-6-2-4-7(6)3-1-5-9-7/h1-5H2/t7-/m1/s1. The predicted octanol–water partition coefficient (Wildman–Crippen LogP) is 0.898. The van der Waals surface area contributed by atoms with Gasteiger partial charge in [-0.1, -0.05) is 0 Å². The SMILES string of the molecule is O=C1CC[C@]12CCCO2. The highest BCUT2D eigenvalue weighted by atomic mass is 16.5. The molecule has 1 heterocycles. The summed E-state index contributed by atoms with van der Waals surface area (Å²) in [6.07, 6.45) is 3.78. The highest BCUT2D eigenvalue weighted by Gasteiger charge is 2.48. The Balaban J connectivity index is 2.14. The molecule has 0 amide bonds. The summed E-state index contributed by atoms with van der Waals surface area (Å²) in [5, 5.41) is 0. The van der Waals surface area contributed by atoms with Gasteiger partial charge in [0.2, 0.25) is 0 Å². The molecule has 1 saturated heterocycles. The van der Waals surface area contributed by atoms with Gasteiger partial charge in [-0.05, 0) is 19.3 Å². The molecule has 0 radical (unpaired) electrons. The predicted molar refractivity (Wildman–Crippen MR) is 32.2 cm³/mol. The lowest BCUT2D eigenvalue weighted by Crippen LogP contribution is -2.46. The van der Waals surface area contributed by atoms with Crippen molar-refractivity contribution < 1.29 is 9.53 Å². The van der Waals surface area contributed by atoms with E-state index >= 15 is 0 Å². The molecule has 9 heavy (non-hydrogen) atoms. The van der Waals surface area contributed by atoms with Gasteiger partial charge in [-0.25, -0.2) is 0 Å². The minimum atomic E-state index is -0.264. The van der Waals surface area contributed by atoms with E-state index in [1.165, 1.54) is 0 Å². The van der Waals surface area contributed by atoms with Crippen LogP contribution in [0.3, 0.4) is 0 Å². The quantitative estimate of drug-likeness (QED) is 0.482. The van der Waals surface area contributed by atoms with Gasteiger partial charge in [0, 0.05) is 13.0 Å². The molecule has 0 unspecified atom stereocenters. The molecule has 1 aliphatic carbocycles. The first-order valence-corrected chi connectivity index (χ1v) is 3.51. The number of ketones is 1. The van der Waals surface area contributed by atoms with Gasteiger partial charge in [0.1, 0.15) is 5.60 Å². The van der Waals surface area contributed by atoms with Crippen LogP contribution in [-0.2, 0) is 9.53 Å². The van der Waals surface area contributed by atoms with E-state index in [1.54, 1.807) is 0 Å². The molecule has 0 bridgehead atoms. The van der Waals surface area contributed by atoms with E-state index in [2.05, 4.69) is 0 Å². The van der Waals surface area contributed by atoms with Crippen molar-refractivity contribution in [2.24, 2.45) is 0 Å². The molecule has 2 nitrogen and oxygen atoms in total. The summed E-state index contributed by atoms with van der Waals surface area (Å²) < 4.78 is 5.34. The van der Waals surface area contributed by atoms with Crippen LogP contribution in [0.25, 0.3) is 0 Å². The first-order valence-electron chi connectivity index (χ1n) is 3.51. The molecule has 2 rings (SSSR count). The lowest BCUT2D eigenvalue weighted by atomic mass is 9.77. The summed E-state index contributed by atoms with van der Waals surface area (Å²) in [7, 11) is 0. The number of carbonyl (C=O) groups excluding carboxylic acids is 1. The van der Waals surface area contributed by atoms with E-state index < -0.39 is 0 Å². The third-order valence-corrected chi connectivity index (χ3v) is 2.37. The molecule has 1 aliphatic heterocycles. The Morgan fingerprint density at radius 3 is 2.56 bits per heavy atom. The summed E-state index contributed by atoms with van der Waals surface area (Å²) in [5.41, 5.74) is -0.264. The summed E-state index contributed by atoms with van der Waals surface area (Å²) in [6, 6.07) is 0. The van der Waals surface area contributed by atoms with Gasteiger partial charge in [-0.3, -0.25) is 4.79 Å². The molecule has 1 atom stereocenters. The number of hydrogen-bond donors (Lipinski definition) is 0. The van der Waals surface area contributed by atoms with E-state index in [4.69, 9.17) is 4.74 Å². The first kappa shape index (κ1) is 5.42. The monoisotopic (exact) mass is 126 g/mol. The number of rotatable bonds is 0. The Morgan fingerprint density at radius 1 is 1.44 bits per heavy atom. The van der Waals surface area contributed by atoms with Crippen molar-refractivity contribution in [2.45, 2.75) is 31.3 Å². The van der Waals surface area contributed by atoms with Gasteiger partial charge < -0.3 is 4.74 Å². The Kier molecular flexibility index (Phi) is 0.943. The minimum Gasteiger partial charge on any atom is -0.367 e. The van der Waals surface area contributed by atoms with Crippen LogP contribution >= 0.6 is 0 Å². The van der Waals surface area contributed by atoms with E-state index in [0.29, 0.717) is 5.78 Å². The zero-order valence-electron chi connectivity index (χ0n) is 5.35. The van der Waals surface area contributed by atoms with Gasteiger partial charge in [0.15, 0.2) is 5.78 Å². The van der Waals surface area contributed by atoms with Crippen molar-refractivity contribution >= 4 is 5.78 Å². The molecule has 2 aliphatic rings. The molecule has 0 aromatic carbocycles. The zero-order valence-corrected chi connectivity index (χ0v) is 5.35. The van der Waals surface area contributed by atoms with Gasteiger partial charge in [0.25, 0.3) is 0 Å². The first-order chi connectivity index (χ1) is 4.33. The highest BCUT2D eigenvalue weighted by Crippen LogP contribution is 2.39. The molecule has 1 saturated carbocycles. The van der Waals surface area contributed by atoms with E-state index in [1.807, 2.05) is 0 Å². The molecule has 0 N–H and O–H groups in total. The Labute approximate surface area is 54.2 Å². The minimum absolute atomic E-state index is 0.264. The van der Waals surface area contributed by atoms with Crippen LogP contribution in [0.5, 0.6) is 0 Å². The summed E-state index contributed by atoms with van der Waals surface area (Å²) in [6.45, 7) is 0.797. The fourth-order valence-corrected chi connectivity index (χ4v) is 1.62. The van der Waals surface area contributed by atoms with Crippen molar-refractivity contribution in [1.29, 1.82) is 0 Å². The maximum atomic E-state index is 10.9. The van der Waals surface area contributed by atoms with Crippen LogP contribution in [0.4, 0.5) is 0 Å². The Hall–Kier alpha value is -0.370. The van der Waals surface area contributed by atoms with E-state index in [0.717, 1.165) is 32.3 Å². The number of ether oxygens (including phenoxy) is 1. The second-order valence-electron chi connectivity index (χ2n) is 2.87. The summed E-state index contributed by atoms with van der Waals surface area (Å²) in [5.74, 6) is 0.333. The average molecular weight is 126 g/mol. The normalized spacial score (nSPS) is 41.6. The summed E-state index contributed by atoms with van der Waals surface area (Å²) >= 11 is 0. The average Bonchev–Trinajstić information content (AvgIpc) is 2.34. The second-order valence-corrected chi connectivity index (χ2v) is 2.87. The number of carbonyl (C=O) groups is 1. The van der Waals surface area contributed by atoms with Crippen LogP contribution < -0.4 is 0 Å². The van der Waals surface area contributed by atoms with Crippen LogP contribution in [0.15, 0.2) is 0 Å². The Morgan fingerprint density at radius 2 is 2.33 bits per heavy atom. The number of Topliss-reactive ketones (excluding diaryl/α,β-unsaturated/α-hetero) is 1. The van der Waals surface area contributed by atoms with Gasteiger partial charge in [-0.2, -0.15) is 0 Å². The third-order valence-electron chi connectivity index (χ3n) is 2.37. The van der Waals surface area contributed by atoms with Gasteiger partial charge >= 0.3 is 0 Å². The van der Waals surface area contributed by atoms with Crippen LogP contribution in [0.1, 0.15) is 25.7 Å².